The van der Waals surface area contributed by atoms with Crippen molar-refractivity contribution in [2.24, 2.45) is 0 Å². The van der Waals surface area contributed by atoms with Crippen LogP contribution in [0.5, 0.6) is 11.5 Å². The number of benzene rings is 1. The smallest absolute Gasteiger partial charge is 0.172 e. The van der Waals surface area contributed by atoms with E-state index in [9.17, 15) is 8.42 Å². The fraction of sp³-hybridized carbons (Fsp3) is 0.423. The number of hydrogen-bond donors (Lipinski definition) is 0. The number of sulfone groups is 1. The van der Waals surface area contributed by atoms with Gasteiger partial charge in [-0.05, 0) is 38.3 Å². The lowest BCUT2D eigenvalue weighted by molar-refractivity contribution is 0.409. The second kappa shape index (κ2) is 10.2. The zero-order chi connectivity index (χ0) is 27.0. The highest BCUT2D eigenvalue weighted by molar-refractivity contribution is 7.91. The van der Waals surface area contributed by atoms with E-state index in [1.807, 2.05) is 34.4 Å². The van der Waals surface area contributed by atoms with Crippen LogP contribution in [0.4, 0.5) is 0 Å². The number of aromatic nitrogens is 7. The van der Waals surface area contributed by atoms with Crippen LogP contribution < -0.4 is 9.47 Å². The number of fused-ring (bicyclic) bond motifs is 1. The summed E-state index contributed by atoms with van der Waals surface area (Å²) in [6.07, 6.45) is 6.73. The Balaban J connectivity index is 1.57. The van der Waals surface area contributed by atoms with Crippen LogP contribution in [-0.4, -0.2) is 62.4 Å². The van der Waals surface area contributed by atoms with E-state index in [0.29, 0.717) is 34.7 Å². The molecule has 0 N–H and O–H groups in total. The normalized spacial score (nSPS) is 14.8. The minimum Gasteiger partial charge on any atom is -0.495 e. The van der Waals surface area contributed by atoms with Gasteiger partial charge in [0.05, 0.1) is 49.3 Å². The van der Waals surface area contributed by atoms with Crippen molar-refractivity contribution in [2.75, 3.05) is 14.2 Å². The Labute approximate surface area is 221 Å². The molecule has 0 amide bonds. The van der Waals surface area contributed by atoms with Crippen molar-refractivity contribution in [3.05, 3.63) is 59.7 Å². The van der Waals surface area contributed by atoms with E-state index < -0.39 is 21.0 Å². The van der Waals surface area contributed by atoms with E-state index >= 15 is 0 Å². The molecule has 0 unspecified atom stereocenters. The van der Waals surface area contributed by atoms with Gasteiger partial charge < -0.3 is 9.47 Å². The quantitative estimate of drug-likeness (QED) is 0.316. The number of nitrogens with zero attached hydrogens (tertiary/aromatic N) is 7. The summed E-state index contributed by atoms with van der Waals surface area (Å²) in [5, 5.41) is 12.6. The van der Waals surface area contributed by atoms with E-state index in [2.05, 4.69) is 25.3 Å². The summed E-state index contributed by atoms with van der Waals surface area (Å²) in [5.74, 6) is 1.62. The van der Waals surface area contributed by atoms with Crippen LogP contribution >= 0.6 is 0 Å². The molecule has 1 aromatic carbocycles. The van der Waals surface area contributed by atoms with Crippen molar-refractivity contribution >= 4 is 9.84 Å². The lowest BCUT2D eigenvalue weighted by Gasteiger charge is -2.20. The van der Waals surface area contributed by atoms with Crippen LogP contribution in [0.25, 0.3) is 17.1 Å². The SMILES string of the molecule is COc1cnc([C@@H](C)[C@H](C)S(=O)(=O)Cc2nnc(-c3cnn4c3CCC4)n2-c2c(C)cccc2OC)nc1. The van der Waals surface area contributed by atoms with Gasteiger partial charge in [0.25, 0.3) is 0 Å². The molecule has 200 valence electrons. The van der Waals surface area contributed by atoms with Gasteiger partial charge in [-0.3, -0.25) is 9.25 Å². The molecule has 0 bridgehead atoms. The number of aryl methyl sites for hydroxylation is 2. The Morgan fingerprint density at radius 3 is 2.53 bits per heavy atom. The summed E-state index contributed by atoms with van der Waals surface area (Å²) in [6, 6.07) is 5.70. The third kappa shape index (κ3) is 4.53. The van der Waals surface area contributed by atoms with Gasteiger partial charge in [0.2, 0.25) is 0 Å². The van der Waals surface area contributed by atoms with Gasteiger partial charge in [-0.2, -0.15) is 5.10 Å². The zero-order valence-electron chi connectivity index (χ0n) is 22.1. The minimum atomic E-state index is -3.70. The molecular formula is C26H31N7O4S. The van der Waals surface area contributed by atoms with Gasteiger partial charge in [0, 0.05) is 18.2 Å². The van der Waals surface area contributed by atoms with Gasteiger partial charge in [0.15, 0.2) is 27.2 Å². The highest BCUT2D eigenvalue weighted by atomic mass is 32.2. The summed E-state index contributed by atoms with van der Waals surface area (Å²) in [5.41, 5.74) is 3.52. The first-order valence-electron chi connectivity index (χ1n) is 12.5. The Bertz CT molecular complexity index is 1560. The molecule has 3 aromatic heterocycles. The van der Waals surface area contributed by atoms with Crippen molar-refractivity contribution in [1.29, 1.82) is 0 Å². The third-order valence-electron chi connectivity index (χ3n) is 7.24. The largest absolute Gasteiger partial charge is 0.495 e. The summed E-state index contributed by atoms with van der Waals surface area (Å²) in [4.78, 5) is 8.60. The maximum atomic E-state index is 13.7. The molecule has 1 aliphatic rings. The van der Waals surface area contributed by atoms with Gasteiger partial charge in [-0.25, -0.2) is 18.4 Å². The van der Waals surface area contributed by atoms with Crippen molar-refractivity contribution in [1.82, 2.24) is 34.5 Å². The Hall–Kier alpha value is -3.80. The van der Waals surface area contributed by atoms with Gasteiger partial charge in [-0.1, -0.05) is 19.1 Å². The predicted molar refractivity (Wildman–Crippen MR) is 141 cm³/mol. The van der Waals surface area contributed by atoms with E-state index in [4.69, 9.17) is 9.47 Å². The molecule has 11 nitrogen and oxygen atoms in total. The molecule has 0 radical (unpaired) electrons. The Morgan fingerprint density at radius 2 is 1.82 bits per heavy atom. The standard InChI is InChI=1S/C26H31N7O4S/c1-16-8-6-10-22(37-5)24(16)33-23(30-31-26(33)20-14-29-32-11-7-9-21(20)32)15-38(34,35)18(3)17(2)25-27-12-19(36-4)13-28-25/h6,8,10,12-14,17-18H,7,9,11,15H2,1-5H3/t17-,18-/m0/s1. The van der Waals surface area contributed by atoms with E-state index in [1.165, 1.54) is 19.5 Å². The first kappa shape index (κ1) is 25.8. The molecule has 12 heteroatoms. The molecule has 38 heavy (non-hydrogen) atoms. The number of ether oxygens (including phenoxy) is 2. The maximum Gasteiger partial charge on any atom is 0.172 e. The molecule has 2 atom stereocenters. The second-order valence-corrected chi connectivity index (χ2v) is 11.9. The van der Waals surface area contributed by atoms with Crippen LogP contribution in [0.2, 0.25) is 0 Å². The number of rotatable bonds is 9. The third-order valence-corrected chi connectivity index (χ3v) is 9.44. The summed E-state index contributed by atoms with van der Waals surface area (Å²) < 4.78 is 42.1. The molecule has 0 fully saturated rings. The zero-order valence-corrected chi connectivity index (χ0v) is 22.9. The molecule has 4 aromatic rings. The van der Waals surface area contributed by atoms with Gasteiger partial charge in [0.1, 0.15) is 17.3 Å². The van der Waals surface area contributed by atoms with Crippen molar-refractivity contribution in [3.63, 3.8) is 0 Å². The molecule has 1 aliphatic heterocycles. The highest BCUT2D eigenvalue weighted by Crippen LogP contribution is 2.35. The number of para-hydroxylation sites is 1. The predicted octanol–water partition coefficient (Wildman–Crippen LogP) is 3.30. The molecule has 4 heterocycles. The van der Waals surface area contributed by atoms with Crippen molar-refractivity contribution < 1.29 is 17.9 Å². The van der Waals surface area contributed by atoms with Crippen LogP contribution in [0, 0.1) is 6.92 Å². The minimum absolute atomic E-state index is 0.306. The van der Waals surface area contributed by atoms with E-state index in [0.717, 1.165) is 36.2 Å². The van der Waals surface area contributed by atoms with Crippen LogP contribution in [0.1, 0.15) is 49.1 Å². The first-order valence-corrected chi connectivity index (χ1v) is 14.2. The van der Waals surface area contributed by atoms with Crippen LogP contribution in [0.15, 0.2) is 36.8 Å². The monoisotopic (exact) mass is 537 g/mol. The molecule has 0 aliphatic carbocycles. The molecule has 5 rings (SSSR count). The topological polar surface area (TPSA) is 127 Å². The van der Waals surface area contributed by atoms with Crippen LogP contribution in [-0.2, 0) is 28.6 Å². The van der Waals surface area contributed by atoms with Crippen molar-refractivity contribution in [3.8, 4) is 28.6 Å². The second-order valence-electron chi connectivity index (χ2n) is 9.51. The van der Waals surface area contributed by atoms with E-state index in [1.54, 1.807) is 27.2 Å². The first-order chi connectivity index (χ1) is 18.2. The lowest BCUT2D eigenvalue weighted by atomic mass is 10.1. The summed E-state index contributed by atoms with van der Waals surface area (Å²) in [6.45, 7) is 6.28. The molecule has 0 saturated carbocycles. The fourth-order valence-corrected chi connectivity index (χ4v) is 6.41. The fourth-order valence-electron chi connectivity index (χ4n) is 4.85. The maximum absolute atomic E-state index is 13.7. The van der Waals surface area contributed by atoms with Crippen LogP contribution in [0.3, 0.4) is 0 Å². The lowest BCUT2D eigenvalue weighted by Crippen LogP contribution is -2.27. The molecule has 0 spiro atoms. The summed E-state index contributed by atoms with van der Waals surface area (Å²) >= 11 is 0. The summed E-state index contributed by atoms with van der Waals surface area (Å²) in [7, 11) is -0.581. The molecular weight excluding hydrogens is 506 g/mol. The van der Waals surface area contributed by atoms with Gasteiger partial charge in [-0.15, -0.1) is 10.2 Å². The number of hydrogen-bond acceptors (Lipinski definition) is 9. The van der Waals surface area contributed by atoms with Gasteiger partial charge >= 0.3 is 0 Å². The van der Waals surface area contributed by atoms with Crippen molar-refractivity contribution in [2.45, 2.75) is 57.1 Å². The number of methoxy groups -OCH3 is 2. The Morgan fingerprint density at radius 1 is 1.05 bits per heavy atom. The van der Waals surface area contributed by atoms with E-state index in [-0.39, 0.29) is 5.75 Å². The molecule has 0 saturated heterocycles. The highest BCUT2D eigenvalue weighted by Gasteiger charge is 2.33. The average Bonchev–Trinajstić information content (AvgIpc) is 3.64. The average molecular weight is 538 g/mol. The Kier molecular flexibility index (Phi) is 6.91.